The van der Waals surface area contributed by atoms with Gasteiger partial charge in [0.2, 0.25) is 5.82 Å². The molecule has 0 bridgehead atoms. The van der Waals surface area contributed by atoms with Gasteiger partial charge in [-0.3, -0.25) is 14.9 Å². The molecule has 9 heteroatoms. The lowest BCUT2D eigenvalue weighted by Crippen LogP contribution is -2.29. The minimum atomic E-state index is -0.454. The normalized spacial score (nSPS) is 11.9. The molecular formula is C19H22FN7O. The zero-order chi connectivity index (χ0) is 20.1. The molecule has 146 valence electrons. The largest absolute Gasteiger partial charge is 0.369 e. The van der Waals surface area contributed by atoms with Crippen LogP contribution in [0.4, 0.5) is 10.2 Å². The number of H-pyrrole nitrogens is 1. The number of aromatic nitrogens is 5. The van der Waals surface area contributed by atoms with Crippen molar-refractivity contribution in [2.24, 2.45) is 0 Å². The standard InChI is InChI=1S/C19H22FN7O/c1-11-12(2)25-18(27-17(11)22-5-4-14-7-23-24-8-14)19(28)26-13(3)15-6-16(20)10-21-9-15/h6-10,13H,4-5H2,1-3H3,(H,23,24)(H,26,28)(H,22,25,27)/t13-/m1/s1. The Hall–Kier alpha value is -3.36. The molecule has 8 nitrogen and oxygen atoms in total. The summed E-state index contributed by atoms with van der Waals surface area (Å²) in [5.74, 6) is -0.214. The molecule has 0 aliphatic heterocycles. The Bertz CT molecular complexity index is 959. The second kappa shape index (κ2) is 8.55. The molecule has 3 aromatic rings. The average molecular weight is 383 g/mol. The highest BCUT2D eigenvalue weighted by atomic mass is 19.1. The number of nitrogens with one attached hydrogen (secondary N) is 3. The van der Waals surface area contributed by atoms with Crippen molar-refractivity contribution >= 4 is 11.7 Å². The zero-order valence-electron chi connectivity index (χ0n) is 16.0. The van der Waals surface area contributed by atoms with Gasteiger partial charge in [-0.1, -0.05) is 0 Å². The van der Waals surface area contributed by atoms with Crippen molar-refractivity contribution in [3.63, 3.8) is 0 Å². The van der Waals surface area contributed by atoms with E-state index in [4.69, 9.17) is 0 Å². The minimum absolute atomic E-state index is 0.0603. The highest BCUT2D eigenvalue weighted by molar-refractivity contribution is 5.91. The van der Waals surface area contributed by atoms with Crippen molar-refractivity contribution in [1.82, 2.24) is 30.5 Å². The predicted molar refractivity (Wildman–Crippen MR) is 102 cm³/mol. The van der Waals surface area contributed by atoms with Gasteiger partial charge >= 0.3 is 0 Å². The Labute approximate surface area is 162 Å². The smallest absolute Gasteiger partial charge is 0.289 e. The van der Waals surface area contributed by atoms with E-state index >= 15 is 0 Å². The highest BCUT2D eigenvalue weighted by Crippen LogP contribution is 2.17. The van der Waals surface area contributed by atoms with Gasteiger partial charge < -0.3 is 10.6 Å². The maximum atomic E-state index is 13.3. The van der Waals surface area contributed by atoms with Crippen molar-refractivity contribution in [3.05, 3.63) is 64.9 Å². The number of amides is 1. The van der Waals surface area contributed by atoms with E-state index in [2.05, 4.69) is 35.8 Å². The van der Waals surface area contributed by atoms with E-state index in [9.17, 15) is 9.18 Å². The number of carbonyl (C=O) groups is 1. The number of rotatable bonds is 7. The van der Waals surface area contributed by atoms with Gasteiger partial charge in [0, 0.05) is 30.2 Å². The lowest BCUT2D eigenvalue weighted by Gasteiger charge is -2.15. The first-order chi connectivity index (χ1) is 13.4. The monoisotopic (exact) mass is 383 g/mol. The first-order valence-corrected chi connectivity index (χ1v) is 8.92. The van der Waals surface area contributed by atoms with Crippen LogP contribution in [-0.2, 0) is 6.42 Å². The first kappa shape index (κ1) is 19.4. The third kappa shape index (κ3) is 4.67. The van der Waals surface area contributed by atoms with Crippen LogP contribution in [0.1, 0.15) is 46.0 Å². The van der Waals surface area contributed by atoms with Crippen LogP contribution >= 0.6 is 0 Å². The van der Waals surface area contributed by atoms with Gasteiger partial charge in [0.05, 0.1) is 18.4 Å². The second-order valence-electron chi connectivity index (χ2n) is 6.52. The maximum Gasteiger partial charge on any atom is 0.289 e. The molecule has 0 spiro atoms. The Kier molecular flexibility index (Phi) is 5.93. The molecule has 1 amide bonds. The maximum absolute atomic E-state index is 13.3. The number of aryl methyl sites for hydroxylation is 1. The van der Waals surface area contributed by atoms with Crippen LogP contribution in [-0.4, -0.2) is 37.6 Å². The average Bonchev–Trinajstić information content (AvgIpc) is 3.18. The summed E-state index contributed by atoms with van der Waals surface area (Å²) in [7, 11) is 0. The van der Waals surface area contributed by atoms with E-state index in [1.54, 1.807) is 13.1 Å². The minimum Gasteiger partial charge on any atom is -0.369 e. The second-order valence-corrected chi connectivity index (χ2v) is 6.52. The molecule has 0 radical (unpaired) electrons. The van der Waals surface area contributed by atoms with Crippen molar-refractivity contribution in [3.8, 4) is 0 Å². The fourth-order valence-corrected chi connectivity index (χ4v) is 2.65. The summed E-state index contributed by atoms with van der Waals surface area (Å²) in [6.45, 7) is 6.12. The lowest BCUT2D eigenvalue weighted by atomic mass is 10.1. The molecule has 0 unspecified atom stereocenters. The summed E-state index contributed by atoms with van der Waals surface area (Å²) in [5.41, 5.74) is 3.24. The number of aromatic amines is 1. The summed E-state index contributed by atoms with van der Waals surface area (Å²) in [4.78, 5) is 25.1. The van der Waals surface area contributed by atoms with Gasteiger partial charge in [-0.2, -0.15) is 5.10 Å². The third-order valence-corrected chi connectivity index (χ3v) is 4.43. The number of carbonyl (C=O) groups excluding carboxylic acids is 1. The molecule has 3 N–H and O–H groups in total. The Morgan fingerprint density at radius 3 is 2.79 bits per heavy atom. The molecule has 3 aromatic heterocycles. The Morgan fingerprint density at radius 2 is 2.07 bits per heavy atom. The van der Waals surface area contributed by atoms with Crippen LogP contribution < -0.4 is 10.6 Å². The fourth-order valence-electron chi connectivity index (χ4n) is 2.65. The van der Waals surface area contributed by atoms with Gasteiger partial charge in [-0.25, -0.2) is 14.4 Å². The Balaban J connectivity index is 1.70. The molecule has 0 aromatic carbocycles. The summed E-state index contributed by atoms with van der Waals surface area (Å²) < 4.78 is 13.3. The third-order valence-electron chi connectivity index (χ3n) is 4.43. The SMILES string of the molecule is Cc1nc(C(=O)N[C@H](C)c2cncc(F)c2)nc(NCCc2cn[nH]c2)c1C. The van der Waals surface area contributed by atoms with Crippen molar-refractivity contribution < 1.29 is 9.18 Å². The molecule has 1 atom stereocenters. The van der Waals surface area contributed by atoms with Crippen LogP contribution in [0.2, 0.25) is 0 Å². The summed E-state index contributed by atoms with van der Waals surface area (Å²) in [5, 5.41) is 12.7. The molecule has 3 rings (SSSR count). The predicted octanol–water partition coefficient (Wildman–Crippen LogP) is 2.50. The van der Waals surface area contributed by atoms with Crippen LogP contribution in [0.3, 0.4) is 0 Å². The molecule has 0 fully saturated rings. The molecule has 3 heterocycles. The van der Waals surface area contributed by atoms with Crippen molar-refractivity contribution in [1.29, 1.82) is 0 Å². The molecule has 28 heavy (non-hydrogen) atoms. The number of halogens is 1. The van der Waals surface area contributed by atoms with Crippen molar-refractivity contribution in [2.45, 2.75) is 33.2 Å². The summed E-state index contributed by atoms with van der Waals surface area (Å²) >= 11 is 0. The van der Waals surface area contributed by atoms with E-state index in [0.717, 1.165) is 23.7 Å². The summed E-state index contributed by atoms with van der Waals surface area (Å²) in [6.07, 6.45) is 7.00. The van der Waals surface area contributed by atoms with E-state index < -0.39 is 17.8 Å². The fraction of sp³-hybridized carbons (Fsp3) is 0.316. The zero-order valence-corrected chi connectivity index (χ0v) is 16.0. The number of anilines is 1. The van der Waals surface area contributed by atoms with Gasteiger partial charge in [0.15, 0.2) is 0 Å². The van der Waals surface area contributed by atoms with Gasteiger partial charge in [-0.15, -0.1) is 0 Å². The Morgan fingerprint density at radius 1 is 1.25 bits per heavy atom. The molecular weight excluding hydrogens is 361 g/mol. The van der Waals surface area contributed by atoms with Crippen LogP contribution in [0.15, 0.2) is 30.9 Å². The molecule has 0 aliphatic carbocycles. The first-order valence-electron chi connectivity index (χ1n) is 8.92. The number of nitrogens with zero attached hydrogens (tertiary/aromatic N) is 4. The molecule has 0 saturated carbocycles. The topological polar surface area (TPSA) is 108 Å². The van der Waals surface area contributed by atoms with E-state index in [1.165, 1.54) is 12.3 Å². The van der Waals surface area contributed by atoms with Gasteiger partial charge in [0.1, 0.15) is 11.6 Å². The van der Waals surface area contributed by atoms with Crippen LogP contribution in [0.25, 0.3) is 0 Å². The lowest BCUT2D eigenvalue weighted by molar-refractivity contribution is 0.0929. The quantitative estimate of drug-likeness (QED) is 0.578. The molecule has 0 aliphatic rings. The van der Waals surface area contributed by atoms with Crippen molar-refractivity contribution in [2.75, 3.05) is 11.9 Å². The van der Waals surface area contributed by atoms with Crippen LogP contribution in [0, 0.1) is 19.7 Å². The van der Waals surface area contributed by atoms with Gasteiger partial charge in [0.25, 0.3) is 5.91 Å². The van der Waals surface area contributed by atoms with E-state index in [-0.39, 0.29) is 5.82 Å². The van der Waals surface area contributed by atoms with E-state index in [1.807, 2.05) is 20.0 Å². The van der Waals surface area contributed by atoms with Gasteiger partial charge in [-0.05, 0) is 44.4 Å². The van der Waals surface area contributed by atoms with E-state index in [0.29, 0.717) is 23.6 Å². The summed E-state index contributed by atoms with van der Waals surface area (Å²) in [6, 6.07) is 0.903. The number of hydrogen-bond acceptors (Lipinski definition) is 6. The number of hydrogen-bond donors (Lipinski definition) is 3. The molecule has 0 saturated heterocycles. The van der Waals surface area contributed by atoms with Crippen LogP contribution in [0.5, 0.6) is 0 Å². The highest BCUT2D eigenvalue weighted by Gasteiger charge is 2.17. The number of pyridine rings is 1.